The van der Waals surface area contributed by atoms with Gasteiger partial charge in [0.1, 0.15) is 5.01 Å². The van der Waals surface area contributed by atoms with Crippen molar-refractivity contribution in [1.82, 2.24) is 15.5 Å². The zero-order valence-corrected chi connectivity index (χ0v) is 12.7. The van der Waals surface area contributed by atoms with E-state index in [2.05, 4.69) is 20.8 Å². The van der Waals surface area contributed by atoms with Gasteiger partial charge in [-0.15, -0.1) is 10.2 Å². The molecule has 0 atom stereocenters. The second-order valence-electron chi connectivity index (χ2n) is 4.40. The molecule has 2 amide bonds. The Bertz CT molecular complexity index is 654. The minimum atomic E-state index is -0.323. The molecule has 0 saturated carbocycles. The predicted molar refractivity (Wildman–Crippen MR) is 81.4 cm³/mol. The smallest absolute Gasteiger partial charge is 0.251 e. The lowest BCUT2D eigenvalue weighted by molar-refractivity contribution is -0.115. The second-order valence-corrected chi connectivity index (χ2v) is 5.46. The minimum absolute atomic E-state index is 0.103. The average Bonchev–Trinajstić information content (AvgIpc) is 2.93. The molecule has 0 aliphatic heterocycles. The van der Waals surface area contributed by atoms with Crippen molar-refractivity contribution < 1.29 is 9.59 Å². The molecule has 0 bridgehead atoms. The van der Waals surface area contributed by atoms with Gasteiger partial charge < -0.3 is 5.32 Å². The summed E-state index contributed by atoms with van der Waals surface area (Å²) in [5.41, 5.74) is 1.43. The first kappa shape index (κ1) is 15.1. The highest BCUT2D eigenvalue weighted by Gasteiger charge is 2.11. The van der Waals surface area contributed by atoms with E-state index in [9.17, 15) is 9.59 Å². The highest BCUT2D eigenvalue weighted by Crippen LogP contribution is 2.14. The quantitative estimate of drug-likeness (QED) is 0.882. The average molecular weight is 304 g/mol. The monoisotopic (exact) mass is 304 g/mol. The van der Waals surface area contributed by atoms with Crippen molar-refractivity contribution in [1.29, 1.82) is 0 Å². The van der Waals surface area contributed by atoms with Crippen molar-refractivity contribution >= 4 is 28.3 Å². The minimum Gasteiger partial charge on any atom is -0.343 e. The van der Waals surface area contributed by atoms with E-state index in [4.69, 9.17) is 0 Å². The molecule has 1 aromatic heterocycles. The maximum Gasteiger partial charge on any atom is 0.251 e. The fourth-order valence-corrected chi connectivity index (χ4v) is 2.39. The van der Waals surface area contributed by atoms with Crippen molar-refractivity contribution in [3.8, 4) is 0 Å². The summed E-state index contributed by atoms with van der Waals surface area (Å²) in [4.78, 5) is 23.7. The molecule has 0 unspecified atom stereocenters. The number of hydrogen-bond donors (Lipinski definition) is 2. The summed E-state index contributed by atoms with van der Waals surface area (Å²) in [6.07, 6.45) is 0.775. The molecule has 110 valence electrons. The van der Waals surface area contributed by atoms with E-state index in [0.29, 0.717) is 10.7 Å². The number of benzene rings is 1. The highest BCUT2D eigenvalue weighted by atomic mass is 32.1. The zero-order chi connectivity index (χ0) is 15.2. The van der Waals surface area contributed by atoms with E-state index in [1.807, 2.05) is 26.0 Å². The molecular formula is C14H16N4O2S. The molecule has 0 radical (unpaired) electrons. The standard InChI is InChI=1S/C14H16N4O2S/c1-3-12-17-18-14(21-12)16-11(19)8-15-13(20)10-7-5-4-6-9(10)2/h4-7H,3,8H2,1-2H3,(H,15,20)(H,16,18,19). The molecular weight excluding hydrogens is 288 g/mol. The summed E-state index contributed by atoms with van der Waals surface area (Å²) < 4.78 is 0. The van der Waals surface area contributed by atoms with Crippen LogP contribution >= 0.6 is 11.3 Å². The van der Waals surface area contributed by atoms with E-state index in [-0.39, 0.29) is 18.4 Å². The molecule has 0 fully saturated rings. The molecule has 0 aliphatic carbocycles. The van der Waals surface area contributed by atoms with Gasteiger partial charge in [0.05, 0.1) is 6.54 Å². The number of rotatable bonds is 5. The molecule has 1 heterocycles. The normalized spacial score (nSPS) is 10.2. The topological polar surface area (TPSA) is 84.0 Å². The summed E-state index contributed by atoms with van der Waals surface area (Å²) in [7, 11) is 0. The number of carbonyl (C=O) groups excluding carboxylic acids is 2. The fraction of sp³-hybridized carbons (Fsp3) is 0.286. The highest BCUT2D eigenvalue weighted by molar-refractivity contribution is 7.15. The van der Waals surface area contributed by atoms with Gasteiger partial charge in [0.15, 0.2) is 0 Å². The number of nitrogens with zero attached hydrogens (tertiary/aromatic N) is 2. The lowest BCUT2D eigenvalue weighted by atomic mass is 10.1. The summed E-state index contributed by atoms with van der Waals surface area (Å²) in [6, 6.07) is 7.22. The molecule has 6 nitrogen and oxygen atoms in total. The molecule has 2 N–H and O–H groups in total. The van der Waals surface area contributed by atoms with Crippen LogP contribution in [-0.4, -0.2) is 28.6 Å². The molecule has 2 aromatic rings. The number of nitrogens with one attached hydrogen (secondary N) is 2. The zero-order valence-electron chi connectivity index (χ0n) is 11.8. The van der Waals surface area contributed by atoms with Gasteiger partial charge in [0.25, 0.3) is 5.91 Å². The summed E-state index contributed by atoms with van der Waals surface area (Å²) in [5, 5.41) is 14.3. The number of carbonyl (C=O) groups is 2. The van der Waals surface area contributed by atoms with E-state index in [1.54, 1.807) is 12.1 Å². The number of amides is 2. The molecule has 0 saturated heterocycles. The largest absolute Gasteiger partial charge is 0.343 e. The maximum atomic E-state index is 12.0. The third kappa shape index (κ3) is 4.09. The van der Waals surface area contributed by atoms with Gasteiger partial charge >= 0.3 is 0 Å². The van der Waals surface area contributed by atoms with Crippen LogP contribution in [0.15, 0.2) is 24.3 Å². The van der Waals surface area contributed by atoms with Crippen LogP contribution in [-0.2, 0) is 11.2 Å². The fourth-order valence-electron chi connectivity index (χ4n) is 1.69. The van der Waals surface area contributed by atoms with Gasteiger partial charge in [0.2, 0.25) is 11.0 Å². The number of anilines is 1. The number of aryl methyl sites for hydroxylation is 2. The van der Waals surface area contributed by atoms with Crippen LogP contribution in [0.1, 0.15) is 27.9 Å². The maximum absolute atomic E-state index is 12.0. The number of hydrogen-bond acceptors (Lipinski definition) is 5. The number of aromatic nitrogens is 2. The molecule has 0 spiro atoms. The van der Waals surface area contributed by atoms with Gasteiger partial charge in [0, 0.05) is 5.56 Å². The van der Waals surface area contributed by atoms with Crippen LogP contribution in [0.2, 0.25) is 0 Å². The Morgan fingerprint density at radius 3 is 2.67 bits per heavy atom. The molecule has 7 heteroatoms. The first-order valence-electron chi connectivity index (χ1n) is 6.56. The lowest BCUT2D eigenvalue weighted by Gasteiger charge is -2.06. The van der Waals surface area contributed by atoms with Gasteiger partial charge in [-0.05, 0) is 25.0 Å². The van der Waals surface area contributed by atoms with Gasteiger partial charge in [-0.25, -0.2) is 0 Å². The first-order chi connectivity index (χ1) is 10.1. The Morgan fingerprint density at radius 1 is 1.24 bits per heavy atom. The van der Waals surface area contributed by atoms with Crippen LogP contribution in [0.25, 0.3) is 0 Å². The summed E-state index contributed by atoms with van der Waals surface area (Å²) in [5.74, 6) is -0.592. The Labute approximate surface area is 126 Å². The molecule has 0 aliphatic rings. The van der Waals surface area contributed by atoms with Gasteiger partial charge in [-0.2, -0.15) is 0 Å². The van der Waals surface area contributed by atoms with Crippen molar-refractivity contribution in [3.63, 3.8) is 0 Å². The van der Waals surface area contributed by atoms with Crippen molar-refractivity contribution in [2.45, 2.75) is 20.3 Å². The SMILES string of the molecule is CCc1nnc(NC(=O)CNC(=O)c2ccccc2C)s1. The predicted octanol–water partition coefficient (Wildman–Crippen LogP) is 1.78. The van der Waals surface area contributed by atoms with E-state index < -0.39 is 0 Å². The van der Waals surface area contributed by atoms with Crippen LogP contribution in [0.4, 0.5) is 5.13 Å². The molecule has 1 aromatic carbocycles. The Balaban J connectivity index is 1.86. The van der Waals surface area contributed by atoms with Crippen molar-refractivity contribution in [3.05, 3.63) is 40.4 Å². The van der Waals surface area contributed by atoms with Gasteiger partial charge in [-0.1, -0.05) is 36.5 Å². The lowest BCUT2D eigenvalue weighted by Crippen LogP contribution is -2.33. The Hall–Kier alpha value is -2.28. The first-order valence-corrected chi connectivity index (χ1v) is 7.38. The van der Waals surface area contributed by atoms with E-state index >= 15 is 0 Å². The van der Waals surface area contributed by atoms with Crippen LogP contribution in [0.5, 0.6) is 0 Å². The van der Waals surface area contributed by atoms with E-state index in [0.717, 1.165) is 17.0 Å². The summed E-state index contributed by atoms with van der Waals surface area (Å²) >= 11 is 1.33. The summed E-state index contributed by atoms with van der Waals surface area (Å²) in [6.45, 7) is 3.71. The van der Waals surface area contributed by atoms with Crippen LogP contribution in [0.3, 0.4) is 0 Å². The Morgan fingerprint density at radius 2 is 2.00 bits per heavy atom. The van der Waals surface area contributed by atoms with Crippen molar-refractivity contribution in [2.24, 2.45) is 0 Å². The van der Waals surface area contributed by atoms with E-state index in [1.165, 1.54) is 11.3 Å². The third-order valence-electron chi connectivity index (χ3n) is 2.81. The molecule has 21 heavy (non-hydrogen) atoms. The van der Waals surface area contributed by atoms with Crippen LogP contribution < -0.4 is 10.6 Å². The van der Waals surface area contributed by atoms with Crippen molar-refractivity contribution in [2.75, 3.05) is 11.9 Å². The van der Waals surface area contributed by atoms with Crippen LogP contribution in [0, 0.1) is 6.92 Å². The van der Waals surface area contributed by atoms with Gasteiger partial charge in [-0.3, -0.25) is 14.9 Å². The second kappa shape index (κ2) is 6.94. The Kier molecular flexibility index (Phi) is 4.99. The molecule has 2 rings (SSSR count). The third-order valence-corrected chi connectivity index (χ3v) is 3.80.